The molecule has 0 saturated carbocycles. The number of nitrogens with one attached hydrogen (secondary N) is 2. The molecule has 7 nitrogen and oxygen atoms in total. The second kappa shape index (κ2) is 7.13. The summed E-state index contributed by atoms with van der Waals surface area (Å²) in [6, 6.07) is 14.2. The lowest BCUT2D eigenvalue weighted by molar-refractivity contribution is -0.113. The lowest BCUT2D eigenvalue weighted by Crippen LogP contribution is -2.31. The molecule has 1 aliphatic rings. The van der Waals surface area contributed by atoms with Crippen molar-refractivity contribution in [1.82, 2.24) is 20.2 Å². The van der Waals surface area contributed by atoms with E-state index in [-0.39, 0.29) is 5.91 Å². The number of benzene rings is 2. The fraction of sp³-hybridized carbons (Fsp3) is 0.111. The molecule has 136 valence electrons. The summed E-state index contributed by atoms with van der Waals surface area (Å²) in [5.74, 6) is 0.250. The summed E-state index contributed by atoms with van der Waals surface area (Å²) in [5, 5.41) is 18.4. The van der Waals surface area contributed by atoms with E-state index in [2.05, 4.69) is 42.1 Å². The summed E-state index contributed by atoms with van der Waals surface area (Å²) in [6.07, 6.45) is 0. The van der Waals surface area contributed by atoms with Gasteiger partial charge in [-0.25, -0.2) is 0 Å². The number of halogens is 2. The number of carbonyl (C=O) groups is 1. The minimum atomic E-state index is -0.448. The van der Waals surface area contributed by atoms with Crippen LogP contribution in [0.5, 0.6) is 0 Å². The number of hydrogen-bond acceptors (Lipinski definition) is 5. The van der Waals surface area contributed by atoms with Crippen LogP contribution in [0, 0.1) is 0 Å². The van der Waals surface area contributed by atoms with Crippen molar-refractivity contribution in [2.24, 2.45) is 0 Å². The maximum Gasteiger partial charge on any atom is 0.255 e. The minimum absolute atomic E-state index is 0.239. The number of anilines is 2. The smallest absolute Gasteiger partial charge is 0.255 e. The number of rotatable bonds is 3. The first-order valence-electron chi connectivity index (χ1n) is 8.11. The second-order valence-electron chi connectivity index (χ2n) is 6.03. The van der Waals surface area contributed by atoms with Gasteiger partial charge in [-0.2, -0.15) is 4.68 Å². The molecule has 2 heterocycles. The van der Waals surface area contributed by atoms with Crippen molar-refractivity contribution >= 4 is 45.1 Å². The highest BCUT2D eigenvalue weighted by Gasteiger charge is 2.33. The summed E-state index contributed by atoms with van der Waals surface area (Å²) in [6.45, 7) is 1.83. The molecule has 1 aliphatic heterocycles. The molecule has 9 heteroatoms. The molecule has 27 heavy (non-hydrogen) atoms. The van der Waals surface area contributed by atoms with Crippen LogP contribution in [0.25, 0.3) is 0 Å². The van der Waals surface area contributed by atoms with E-state index >= 15 is 0 Å². The van der Waals surface area contributed by atoms with Crippen molar-refractivity contribution in [3.05, 3.63) is 74.9 Å². The van der Waals surface area contributed by atoms with Gasteiger partial charge in [-0.3, -0.25) is 4.79 Å². The molecular weight excluding hydrogens is 432 g/mol. The van der Waals surface area contributed by atoms with Crippen LogP contribution in [0.1, 0.15) is 18.5 Å². The van der Waals surface area contributed by atoms with Gasteiger partial charge in [-0.05, 0) is 59.3 Å². The van der Waals surface area contributed by atoms with Gasteiger partial charge in [0.25, 0.3) is 5.91 Å². The third-order valence-electron chi connectivity index (χ3n) is 4.25. The second-order valence-corrected chi connectivity index (χ2v) is 7.38. The largest absolute Gasteiger partial charge is 0.326 e. The number of nitrogens with zero attached hydrogens (tertiary/aromatic N) is 4. The summed E-state index contributed by atoms with van der Waals surface area (Å²) in [7, 11) is 0. The van der Waals surface area contributed by atoms with Gasteiger partial charge >= 0.3 is 0 Å². The Morgan fingerprint density at radius 3 is 2.59 bits per heavy atom. The Morgan fingerprint density at radius 1 is 1.19 bits per heavy atom. The van der Waals surface area contributed by atoms with E-state index in [0.717, 1.165) is 10.0 Å². The molecule has 0 aliphatic carbocycles. The van der Waals surface area contributed by atoms with Crippen LogP contribution in [0.3, 0.4) is 0 Å². The fourth-order valence-corrected chi connectivity index (χ4v) is 3.38. The van der Waals surface area contributed by atoms with Gasteiger partial charge in [0.2, 0.25) is 5.95 Å². The molecule has 4 rings (SSSR count). The Morgan fingerprint density at radius 2 is 1.89 bits per heavy atom. The van der Waals surface area contributed by atoms with E-state index < -0.39 is 6.04 Å². The standard InChI is InChI=1S/C18H14BrClN6O/c1-10-15(17(27)22-14-8-6-13(20)7-9-14)16(11-2-4-12(19)5-3-11)26-18(21-10)23-24-25-26/h2-9,16H,1H3,(H,22,27)(H,21,23,25)/t16-/m1/s1. The quantitative estimate of drug-likeness (QED) is 0.636. The van der Waals surface area contributed by atoms with Crippen molar-refractivity contribution in [1.29, 1.82) is 0 Å². The monoisotopic (exact) mass is 444 g/mol. The number of aromatic nitrogens is 4. The first kappa shape index (κ1) is 17.7. The first-order chi connectivity index (χ1) is 13.0. The van der Waals surface area contributed by atoms with Crippen molar-refractivity contribution in [3.8, 4) is 0 Å². The van der Waals surface area contributed by atoms with E-state index in [4.69, 9.17) is 11.6 Å². The zero-order chi connectivity index (χ0) is 19.0. The van der Waals surface area contributed by atoms with Crippen LogP contribution < -0.4 is 10.6 Å². The Bertz CT molecular complexity index is 1030. The third kappa shape index (κ3) is 3.45. The zero-order valence-electron chi connectivity index (χ0n) is 14.1. The average Bonchev–Trinajstić information content (AvgIpc) is 3.11. The highest BCUT2D eigenvalue weighted by Crippen LogP contribution is 2.35. The van der Waals surface area contributed by atoms with Crippen LogP contribution in [0.4, 0.5) is 11.6 Å². The van der Waals surface area contributed by atoms with Crippen molar-refractivity contribution in [2.45, 2.75) is 13.0 Å². The van der Waals surface area contributed by atoms with Crippen molar-refractivity contribution in [3.63, 3.8) is 0 Å². The van der Waals surface area contributed by atoms with E-state index in [9.17, 15) is 4.79 Å². The van der Waals surface area contributed by atoms with Gasteiger partial charge in [-0.1, -0.05) is 44.8 Å². The molecule has 1 atom stereocenters. The van der Waals surface area contributed by atoms with E-state index in [1.54, 1.807) is 28.9 Å². The number of carbonyl (C=O) groups excluding carboxylic acids is 1. The van der Waals surface area contributed by atoms with E-state index in [1.165, 1.54) is 0 Å². The molecular formula is C18H14BrClN6O. The SMILES string of the molecule is CC1=C(C(=O)Nc2ccc(Cl)cc2)[C@@H](c2ccc(Br)cc2)n2nnnc2N1. The summed E-state index contributed by atoms with van der Waals surface area (Å²) < 4.78 is 2.55. The highest BCUT2D eigenvalue weighted by molar-refractivity contribution is 9.10. The van der Waals surface area contributed by atoms with Gasteiger partial charge in [0, 0.05) is 20.9 Å². The van der Waals surface area contributed by atoms with E-state index in [0.29, 0.717) is 27.9 Å². The molecule has 0 unspecified atom stereocenters. The predicted molar refractivity (Wildman–Crippen MR) is 107 cm³/mol. The van der Waals surface area contributed by atoms with Gasteiger partial charge < -0.3 is 10.6 Å². The number of hydrogen-bond donors (Lipinski definition) is 2. The molecule has 2 N–H and O–H groups in total. The number of tetrazole rings is 1. The molecule has 0 saturated heterocycles. The zero-order valence-corrected chi connectivity index (χ0v) is 16.5. The van der Waals surface area contributed by atoms with Crippen molar-refractivity contribution in [2.75, 3.05) is 10.6 Å². The third-order valence-corrected chi connectivity index (χ3v) is 5.03. The molecule has 2 aromatic carbocycles. The number of amides is 1. The minimum Gasteiger partial charge on any atom is -0.326 e. The summed E-state index contributed by atoms with van der Waals surface area (Å²) >= 11 is 9.36. The maximum atomic E-state index is 13.1. The molecule has 1 aromatic heterocycles. The summed E-state index contributed by atoms with van der Waals surface area (Å²) in [4.78, 5) is 13.1. The highest BCUT2D eigenvalue weighted by atomic mass is 79.9. The lowest BCUT2D eigenvalue weighted by Gasteiger charge is -2.28. The van der Waals surface area contributed by atoms with Crippen LogP contribution in [-0.2, 0) is 4.79 Å². The van der Waals surface area contributed by atoms with E-state index in [1.807, 2.05) is 31.2 Å². The molecule has 1 amide bonds. The Hall–Kier alpha value is -2.71. The molecule has 0 radical (unpaired) electrons. The van der Waals surface area contributed by atoms with Crippen molar-refractivity contribution < 1.29 is 4.79 Å². The van der Waals surface area contributed by atoms with Crippen LogP contribution >= 0.6 is 27.5 Å². The molecule has 0 fully saturated rings. The molecule has 0 spiro atoms. The Kier molecular flexibility index (Phi) is 4.67. The Balaban J connectivity index is 1.74. The number of allylic oxidation sites excluding steroid dienone is 1. The van der Waals surface area contributed by atoms with Crippen LogP contribution in [0.15, 0.2) is 64.3 Å². The first-order valence-corrected chi connectivity index (χ1v) is 9.28. The summed E-state index contributed by atoms with van der Waals surface area (Å²) in [5.41, 5.74) is 2.78. The topological polar surface area (TPSA) is 84.7 Å². The average molecular weight is 446 g/mol. The number of fused-ring (bicyclic) bond motifs is 1. The van der Waals surface area contributed by atoms with Gasteiger partial charge in [0.1, 0.15) is 6.04 Å². The molecule has 0 bridgehead atoms. The normalized spacial score (nSPS) is 15.9. The van der Waals surface area contributed by atoms with Crippen LogP contribution in [0.2, 0.25) is 5.02 Å². The molecule has 3 aromatic rings. The fourth-order valence-electron chi connectivity index (χ4n) is 2.99. The van der Waals surface area contributed by atoms with Gasteiger partial charge in [-0.15, -0.1) is 0 Å². The van der Waals surface area contributed by atoms with Gasteiger partial charge in [0.15, 0.2) is 0 Å². The predicted octanol–water partition coefficient (Wildman–Crippen LogP) is 4.02. The maximum absolute atomic E-state index is 13.1. The Labute approximate surface area is 168 Å². The van der Waals surface area contributed by atoms with Gasteiger partial charge in [0.05, 0.1) is 5.57 Å². The lowest BCUT2D eigenvalue weighted by atomic mass is 9.95. The van der Waals surface area contributed by atoms with Crippen LogP contribution in [-0.4, -0.2) is 26.1 Å².